The molecule has 0 aliphatic carbocycles. The predicted octanol–water partition coefficient (Wildman–Crippen LogP) is 5.92. The molecule has 0 radical (unpaired) electrons. The lowest BCUT2D eigenvalue weighted by molar-refractivity contribution is -0.118. The summed E-state index contributed by atoms with van der Waals surface area (Å²) in [5.41, 5.74) is 2.04. The van der Waals surface area contributed by atoms with Crippen molar-refractivity contribution in [1.29, 1.82) is 0 Å². The van der Waals surface area contributed by atoms with Gasteiger partial charge in [-0.2, -0.15) is 0 Å². The fourth-order valence-corrected chi connectivity index (χ4v) is 5.02. The number of carbonyl (C=O) groups is 2. The molecule has 1 fully saturated rings. The highest BCUT2D eigenvalue weighted by Crippen LogP contribution is 2.37. The maximum atomic E-state index is 13.1. The summed E-state index contributed by atoms with van der Waals surface area (Å²) in [6, 6.07) is 19.5. The lowest BCUT2D eigenvalue weighted by Gasteiger charge is -2.15. The predicted molar refractivity (Wildman–Crippen MR) is 158 cm³/mol. The Kier molecular flexibility index (Phi) is 9.45. The summed E-state index contributed by atoms with van der Waals surface area (Å²) in [5.74, 6) is 1.79. The smallest absolute Gasteiger partial charge is 0.270 e. The maximum Gasteiger partial charge on any atom is 0.270 e. The number of ether oxygens (including phenoxy) is 4. The van der Waals surface area contributed by atoms with E-state index in [1.165, 1.54) is 16.7 Å². The van der Waals surface area contributed by atoms with Gasteiger partial charge in [0.25, 0.3) is 11.8 Å². The van der Waals surface area contributed by atoms with Gasteiger partial charge in [0.05, 0.1) is 30.9 Å². The van der Waals surface area contributed by atoms with Crippen molar-refractivity contribution in [3.05, 3.63) is 77.2 Å². The number of amides is 2. The first kappa shape index (κ1) is 28.0. The second kappa shape index (κ2) is 13.2. The highest BCUT2D eigenvalue weighted by atomic mass is 32.2. The molecule has 0 bridgehead atoms. The fourth-order valence-electron chi connectivity index (χ4n) is 3.72. The molecule has 39 heavy (non-hydrogen) atoms. The van der Waals surface area contributed by atoms with Crippen molar-refractivity contribution >= 4 is 57.6 Å². The number of benzene rings is 3. The van der Waals surface area contributed by atoms with Crippen LogP contribution in [0.4, 0.5) is 11.4 Å². The number of methoxy groups -OCH3 is 1. The monoisotopic (exact) mass is 564 g/mol. The number of carbonyl (C=O) groups excluding carboxylic acids is 2. The zero-order valence-electron chi connectivity index (χ0n) is 21.8. The van der Waals surface area contributed by atoms with E-state index in [9.17, 15) is 9.59 Å². The van der Waals surface area contributed by atoms with Crippen LogP contribution < -0.4 is 29.2 Å². The topological polar surface area (TPSA) is 86.3 Å². The Balaban J connectivity index is 1.43. The number of thiocarbonyl (C=S) groups is 1. The summed E-state index contributed by atoms with van der Waals surface area (Å²) in [5, 5.41) is 2.79. The summed E-state index contributed by atoms with van der Waals surface area (Å²) < 4.78 is 22.6. The molecule has 2 amide bonds. The number of thioether (sulfide) groups is 1. The van der Waals surface area contributed by atoms with Gasteiger partial charge in [-0.3, -0.25) is 14.5 Å². The zero-order chi connectivity index (χ0) is 27.8. The van der Waals surface area contributed by atoms with Gasteiger partial charge < -0.3 is 24.3 Å². The molecule has 0 saturated carbocycles. The zero-order valence-corrected chi connectivity index (χ0v) is 23.4. The minimum atomic E-state index is -0.312. The minimum absolute atomic E-state index is 0.201. The minimum Gasteiger partial charge on any atom is -0.497 e. The Morgan fingerprint density at radius 1 is 0.923 bits per heavy atom. The van der Waals surface area contributed by atoms with Crippen LogP contribution in [-0.2, 0) is 9.59 Å². The molecule has 3 aromatic rings. The molecular formula is C29H28N2O6S2. The van der Waals surface area contributed by atoms with Crippen molar-refractivity contribution in [2.45, 2.75) is 13.8 Å². The van der Waals surface area contributed by atoms with Crippen LogP contribution in [0.25, 0.3) is 6.08 Å². The van der Waals surface area contributed by atoms with Crippen molar-refractivity contribution < 1.29 is 28.5 Å². The van der Waals surface area contributed by atoms with Gasteiger partial charge in [0, 0.05) is 5.69 Å². The van der Waals surface area contributed by atoms with E-state index in [0.717, 1.165) is 11.3 Å². The molecule has 1 aliphatic heterocycles. The second-order valence-corrected chi connectivity index (χ2v) is 9.82. The van der Waals surface area contributed by atoms with E-state index in [4.69, 9.17) is 31.2 Å². The van der Waals surface area contributed by atoms with E-state index in [0.29, 0.717) is 51.1 Å². The highest BCUT2D eigenvalue weighted by molar-refractivity contribution is 8.27. The van der Waals surface area contributed by atoms with Gasteiger partial charge in [0.15, 0.2) is 22.4 Å². The molecule has 0 atom stereocenters. The van der Waals surface area contributed by atoms with Gasteiger partial charge in [-0.15, -0.1) is 0 Å². The average Bonchev–Trinajstić information content (AvgIpc) is 3.21. The van der Waals surface area contributed by atoms with Crippen LogP contribution in [0, 0.1) is 0 Å². The SMILES string of the molecule is CCOc1ccc(NC(=O)COc2ccc(/C=C3\SC(=S)N(c4ccc(OC)cc4)C3=O)cc2OCC)cc1. The average molecular weight is 565 g/mol. The third-order valence-corrected chi connectivity index (χ3v) is 6.80. The molecule has 1 aliphatic rings. The van der Waals surface area contributed by atoms with Gasteiger partial charge in [-0.1, -0.05) is 30.0 Å². The Morgan fingerprint density at radius 3 is 2.28 bits per heavy atom. The molecule has 10 heteroatoms. The molecule has 1 saturated heterocycles. The number of anilines is 2. The van der Waals surface area contributed by atoms with Crippen molar-refractivity contribution in [1.82, 2.24) is 0 Å². The third-order valence-electron chi connectivity index (χ3n) is 5.50. The second-order valence-electron chi connectivity index (χ2n) is 8.15. The summed E-state index contributed by atoms with van der Waals surface area (Å²) in [6.45, 7) is 4.54. The first-order valence-electron chi connectivity index (χ1n) is 12.3. The van der Waals surface area contributed by atoms with E-state index < -0.39 is 0 Å². The largest absolute Gasteiger partial charge is 0.497 e. The van der Waals surface area contributed by atoms with Crippen LogP contribution in [0.2, 0.25) is 0 Å². The normalized spacial score (nSPS) is 13.9. The first-order valence-corrected chi connectivity index (χ1v) is 13.5. The van der Waals surface area contributed by atoms with Crippen molar-refractivity contribution in [2.24, 2.45) is 0 Å². The molecule has 202 valence electrons. The number of hydrogen-bond donors (Lipinski definition) is 1. The number of nitrogens with one attached hydrogen (secondary N) is 1. The lowest BCUT2D eigenvalue weighted by atomic mass is 10.1. The first-order chi connectivity index (χ1) is 18.9. The molecule has 0 aromatic heterocycles. The number of rotatable bonds is 11. The molecule has 1 heterocycles. The number of hydrogen-bond acceptors (Lipinski definition) is 8. The van der Waals surface area contributed by atoms with E-state index in [1.54, 1.807) is 79.9 Å². The van der Waals surface area contributed by atoms with E-state index >= 15 is 0 Å². The fraction of sp³-hybridized carbons (Fsp3) is 0.207. The summed E-state index contributed by atoms with van der Waals surface area (Å²) in [7, 11) is 1.59. The van der Waals surface area contributed by atoms with Gasteiger partial charge in [0.1, 0.15) is 11.5 Å². The van der Waals surface area contributed by atoms with Gasteiger partial charge in [-0.05, 0) is 86.2 Å². The van der Waals surface area contributed by atoms with Crippen molar-refractivity contribution in [3.8, 4) is 23.0 Å². The van der Waals surface area contributed by atoms with Crippen LogP contribution in [0.3, 0.4) is 0 Å². The van der Waals surface area contributed by atoms with Crippen molar-refractivity contribution in [2.75, 3.05) is 37.1 Å². The van der Waals surface area contributed by atoms with Crippen molar-refractivity contribution in [3.63, 3.8) is 0 Å². The summed E-state index contributed by atoms with van der Waals surface area (Å²) in [4.78, 5) is 27.6. The Bertz CT molecular complexity index is 1370. The van der Waals surface area contributed by atoms with E-state index in [1.807, 2.05) is 13.8 Å². The molecule has 1 N–H and O–H groups in total. The molecule has 4 rings (SSSR count). The maximum absolute atomic E-state index is 13.1. The van der Waals surface area contributed by atoms with E-state index in [-0.39, 0.29) is 18.4 Å². The van der Waals surface area contributed by atoms with Gasteiger partial charge in [0.2, 0.25) is 0 Å². The van der Waals surface area contributed by atoms with Gasteiger partial charge >= 0.3 is 0 Å². The molecule has 0 spiro atoms. The standard InChI is InChI=1S/C29H28N2O6S2/c1-4-35-23-11-7-20(8-12-23)30-27(32)18-37-24-15-6-19(16-25(24)36-5-2)17-26-28(33)31(29(38)39-26)21-9-13-22(34-3)14-10-21/h6-17H,4-5,18H2,1-3H3,(H,30,32)/b26-17-. The Morgan fingerprint density at radius 2 is 1.62 bits per heavy atom. The summed E-state index contributed by atoms with van der Waals surface area (Å²) in [6.07, 6.45) is 1.76. The number of nitrogens with zero attached hydrogens (tertiary/aromatic N) is 1. The third kappa shape index (κ3) is 7.10. The highest BCUT2D eigenvalue weighted by Gasteiger charge is 2.33. The lowest BCUT2D eigenvalue weighted by Crippen LogP contribution is -2.27. The Hall–Kier alpha value is -4.02. The quantitative estimate of drug-likeness (QED) is 0.227. The molecular weight excluding hydrogens is 536 g/mol. The van der Waals surface area contributed by atoms with Crippen LogP contribution in [0.15, 0.2) is 71.6 Å². The van der Waals surface area contributed by atoms with Crippen LogP contribution in [-0.4, -0.2) is 43.1 Å². The molecule has 8 nitrogen and oxygen atoms in total. The Labute approximate surface area is 236 Å². The van der Waals surface area contributed by atoms with E-state index in [2.05, 4.69) is 5.32 Å². The van der Waals surface area contributed by atoms with Gasteiger partial charge in [-0.25, -0.2) is 0 Å². The van der Waals surface area contributed by atoms with Crippen LogP contribution in [0.5, 0.6) is 23.0 Å². The summed E-state index contributed by atoms with van der Waals surface area (Å²) >= 11 is 6.70. The van der Waals surface area contributed by atoms with Crippen LogP contribution >= 0.6 is 24.0 Å². The molecule has 3 aromatic carbocycles. The van der Waals surface area contributed by atoms with Crippen LogP contribution in [0.1, 0.15) is 19.4 Å². The molecule has 0 unspecified atom stereocenters.